The van der Waals surface area contributed by atoms with Crippen LogP contribution < -0.4 is 10.6 Å². The second-order valence-corrected chi connectivity index (χ2v) is 5.32. The Kier molecular flexibility index (Phi) is 3.90. The predicted octanol–water partition coefficient (Wildman–Crippen LogP) is 1.32. The van der Waals surface area contributed by atoms with Gasteiger partial charge in [-0.15, -0.1) is 11.3 Å². The van der Waals surface area contributed by atoms with Gasteiger partial charge >= 0.3 is 0 Å². The number of rotatable bonds is 4. The first-order chi connectivity index (χ1) is 7.75. The molecule has 1 aromatic heterocycles. The van der Waals surface area contributed by atoms with Gasteiger partial charge in [0.25, 0.3) is 5.91 Å². The Hall–Kier alpha value is -0.940. The highest BCUT2D eigenvalue weighted by Gasteiger charge is 2.14. The van der Waals surface area contributed by atoms with Crippen LogP contribution in [-0.4, -0.2) is 30.0 Å². The number of hydrogen-bond acceptors (Lipinski definition) is 4. The van der Waals surface area contributed by atoms with Crippen molar-refractivity contribution >= 4 is 17.2 Å². The van der Waals surface area contributed by atoms with Gasteiger partial charge < -0.3 is 10.6 Å². The molecule has 0 saturated carbocycles. The average Bonchev–Trinajstić information content (AvgIpc) is 2.89. The van der Waals surface area contributed by atoms with Gasteiger partial charge in [0.05, 0.1) is 11.2 Å². The third-order valence-corrected chi connectivity index (χ3v) is 3.70. The van der Waals surface area contributed by atoms with Crippen molar-refractivity contribution in [2.75, 3.05) is 13.1 Å². The van der Waals surface area contributed by atoms with E-state index < -0.39 is 0 Å². The van der Waals surface area contributed by atoms with E-state index in [-0.39, 0.29) is 5.91 Å². The first-order valence-electron chi connectivity index (χ1n) is 5.70. The molecule has 1 amide bonds. The molecule has 1 aromatic rings. The molecule has 4 nitrogen and oxygen atoms in total. The molecule has 0 unspecified atom stereocenters. The molecule has 88 valence electrons. The van der Waals surface area contributed by atoms with Gasteiger partial charge in [0, 0.05) is 12.6 Å². The van der Waals surface area contributed by atoms with E-state index in [2.05, 4.69) is 15.6 Å². The average molecular weight is 239 g/mol. The van der Waals surface area contributed by atoms with Crippen LogP contribution in [-0.2, 0) is 0 Å². The second kappa shape index (κ2) is 5.41. The number of amides is 1. The van der Waals surface area contributed by atoms with Gasteiger partial charge in [0.2, 0.25) is 0 Å². The molecule has 1 aliphatic heterocycles. The fourth-order valence-corrected chi connectivity index (χ4v) is 2.61. The van der Waals surface area contributed by atoms with Crippen LogP contribution in [0.2, 0.25) is 0 Å². The fourth-order valence-electron chi connectivity index (χ4n) is 1.92. The molecule has 1 saturated heterocycles. The minimum absolute atomic E-state index is 0.00333. The van der Waals surface area contributed by atoms with E-state index in [0.29, 0.717) is 10.9 Å². The summed E-state index contributed by atoms with van der Waals surface area (Å²) in [5.41, 5.74) is 0. The maximum Gasteiger partial charge on any atom is 0.263 e. The summed E-state index contributed by atoms with van der Waals surface area (Å²) in [6.07, 6.45) is 5.15. The zero-order valence-electron chi connectivity index (χ0n) is 9.45. The maximum absolute atomic E-state index is 11.7. The normalized spacial score (nSPS) is 19.9. The molecule has 0 spiro atoms. The molecule has 16 heavy (non-hydrogen) atoms. The van der Waals surface area contributed by atoms with Crippen LogP contribution in [0.4, 0.5) is 0 Å². The molecule has 1 atom stereocenters. The van der Waals surface area contributed by atoms with Gasteiger partial charge in [-0.1, -0.05) is 0 Å². The molecule has 2 rings (SSSR count). The number of carbonyl (C=O) groups excluding carboxylic acids is 1. The van der Waals surface area contributed by atoms with Crippen molar-refractivity contribution in [2.45, 2.75) is 32.2 Å². The molecule has 2 N–H and O–H groups in total. The summed E-state index contributed by atoms with van der Waals surface area (Å²) in [6.45, 7) is 3.77. The summed E-state index contributed by atoms with van der Waals surface area (Å²) < 4.78 is 0. The Balaban J connectivity index is 1.71. The third kappa shape index (κ3) is 3.02. The number of aryl methyl sites for hydroxylation is 1. The highest BCUT2D eigenvalue weighted by molar-refractivity contribution is 7.13. The highest BCUT2D eigenvalue weighted by Crippen LogP contribution is 2.11. The van der Waals surface area contributed by atoms with Crippen molar-refractivity contribution in [2.24, 2.45) is 0 Å². The molecule has 2 heterocycles. The number of aromatic nitrogens is 1. The molecular formula is C11H17N3OS. The summed E-state index contributed by atoms with van der Waals surface area (Å²) >= 11 is 1.44. The summed E-state index contributed by atoms with van der Waals surface area (Å²) in [6, 6.07) is 0.587. The van der Waals surface area contributed by atoms with Gasteiger partial charge in [0.1, 0.15) is 4.88 Å². The molecule has 0 aliphatic carbocycles. The number of hydrogen-bond donors (Lipinski definition) is 2. The fraction of sp³-hybridized carbons (Fsp3) is 0.636. The van der Waals surface area contributed by atoms with E-state index >= 15 is 0 Å². The van der Waals surface area contributed by atoms with Gasteiger partial charge in [0.15, 0.2) is 0 Å². The van der Waals surface area contributed by atoms with Crippen LogP contribution in [0, 0.1) is 6.92 Å². The molecule has 1 fully saturated rings. The number of thiazole rings is 1. The van der Waals surface area contributed by atoms with Gasteiger partial charge in [-0.25, -0.2) is 4.98 Å². The molecular weight excluding hydrogens is 222 g/mol. The summed E-state index contributed by atoms with van der Waals surface area (Å²) in [5.74, 6) is 0.00333. The first kappa shape index (κ1) is 11.5. The van der Waals surface area contributed by atoms with E-state index in [0.717, 1.165) is 24.5 Å². The second-order valence-electron chi connectivity index (χ2n) is 4.08. The minimum Gasteiger partial charge on any atom is -0.351 e. The maximum atomic E-state index is 11.7. The lowest BCUT2D eigenvalue weighted by Crippen LogP contribution is -2.30. The lowest BCUT2D eigenvalue weighted by atomic mass is 10.1. The SMILES string of the molecule is Cc1ncc(C(=O)NCC[C@@H]2CCCN2)s1. The van der Waals surface area contributed by atoms with E-state index in [4.69, 9.17) is 0 Å². The Bertz CT molecular complexity index is 358. The third-order valence-electron chi connectivity index (χ3n) is 2.79. The quantitative estimate of drug-likeness (QED) is 0.833. The lowest BCUT2D eigenvalue weighted by molar-refractivity contribution is 0.0956. The molecule has 1 aliphatic rings. The Morgan fingerprint density at radius 2 is 2.62 bits per heavy atom. The smallest absolute Gasteiger partial charge is 0.263 e. The predicted molar refractivity (Wildman–Crippen MR) is 64.8 cm³/mol. The van der Waals surface area contributed by atoms with Crippen LogP contribution >= 0.6 is 11.3 Å². The van der Waals surface area contributed by atoms with Gasteiger partial charge in [-0.3, -0.25) is 4.79 Å². The summed E-state index contributed by atoms with van der Waals surface area (Å²) in [4.78, 5) is 16.4. The number of carbonyl (C=O) groups is 1. The topological polar surface area (TPSA) is 54.0 Å². The summed E-state index contributed by atoms with van der Waals surface area (Å²) in [7, 11) is 0. The lowest BCUT2D eigenvalue weighted by Gasteiger charge is -2.09. The zero-order valence-corrected chi connectivity index (χ0v) is 10.3. The molecule has 0 radical (unpaired) electrons. The highest BCUT2D eigenvalue weighted by atomic mass is 32.1. The van der Waals surface area contributed by atoms with Gasteiger partial charge in [-0.05, 0) is 32.7 Å². The Labute approximate surface area is 99.5 Å². The minimum atomic E-state index is 0.00333. The zero-order chi connectivity index (χ0) is 11.4. The van der Waals surface area contributed by atoms with E-state index in [1.54, 1.807) is 6.20 Å². The number of nitrogens with one attached hydrogen (secondary N) is 2. The number of nitrogens with zero attached hydrogens (tertiary/aromatic N) is 1. The van der Waals surface area contributed by atoms with E-state index in [9.17, 15) is 4.79 Å². The monoisotopic (exact) mass is 239 g/mol. The first-order valence-corrected chi connectivity index (χ1v) is 6.51. The van der Waals surface area contributed by atoms with E-state index in [1.165, 1.54) is 24.2 Å². The molecule has 5 heteroatoms. The Morgan fingerprint density at radius 3 is 3.25 bits per heavy atom. The van der Waals surface area contributed by atoms with Crippen molar-refractivity contribution in [1.82, 2.24) is 15.6 Å². The summed E-state index contributed by atoms with van der Waals surface area (Å²) in [5, 5.41) is 7.28. The van der Waals surface area contributed by atoms with Crippen LogP contribution in [0.5, 0.6) is 0 Å². The van der Waals surface area contributed by atoms with Crippen molar-refractivity contribution in [3.05, 3.63) is 16.1 Å². The van der Waals surface area contributed by atoms with Crippen molar-refractivity contribution in [3.63, 3.8) is 0 Å². The van der Waals surface area contributed by atoms with Crippen LogP contribution in [0.3, 0.4) is 0 Å². The van der Waals surface area contributed by atoms with Crippen molar-refractivity contribution < 1.29 is 4.79 Å². The van der Waals surface area contributed by atoms with Crippen LogP contribution in [0.15, 0.2) is 6.20 Å². The van der Waals surface area contributed by atoms with Crippen LogP contribution in [0.25, 0.3) is 0 Å². The molecule has 0 aromatic carbocycles. The van der Waals surface area contributed by atoms with Crippen molar-refractivity contribution in [1.29, 1.82) is 0 Å². The molecule has 0 bridgehead atoms. The largest absolute Gasteiger partial charge is 0.351 e. The van der Waals surface area contributed by atoms with Gasteiger partial charge in [-0.2, -0.15) is 0 Å². The Morgan fingerprint density at radius 1 is 1.75 bits per heavy atom. The van der Waals surface area contributed by atoms with Crippen molar-refractivity contribution in [3.8, 4) is 0 Å². The van der Waals surface area contributed by atoms with E-state index in [1.807, 2.05) is 6.92 Å². The standard InChI is InChI=1S/C11H17N3OS/c1-8-14-7-10(16-8)11(15)13-6-4-9-3-2-5-12-9/h7,9,12H,2-6H2,1H3,(H,13,15)/t9-/m0/s1. The van der Waals surface area contributed by atoms with Crippen LogP contribution in [0.1, 0.15) is 33.9 Å².